The lowest BCUT2D eigenvalue weighted by Crippen LogP contribution is -2.21. The molecule has 0 amide bonds. The lowest BCUT2D eigenvalue weighted by Gasteiger charge is -2.13. The fourth-order valence-corrected chi connectivity index (χ4v) is 2.11. The SMILES string of the molecule is Cc1cc(Oc2cc(CNC(C)C)ccc2C)ccc1Cl. The maximum Gasteiger partial charge on any atom is 0.130 e. The number of hydrogen-bond donors (Lipinski definition) is 1. The van der Waals surface area contributed by atoms with E-state index in [1.807, 2.05) is 25.1 Å². The van der Waals surface area contributed by atoms with E-state index in [0.29, 0.717) is 6.04 Å². The predicted molar refractivity (Wildman–Crippen MR) is 89.4 cm³/mol. The van der Waals surface area contributed by atoms with Crippen LogP contribution in [0.2, 0.25) is 5.02 Å². The van der Waals surface area contributed by atoms with Crippen molar-refractivity contribution in [1.82, 2.24) is 5.32 Å². The van der Waals surface area contributed by atoms with E-state index in [0.717, 1.165) is 34.2 Å². The van der Waals surface area contributed by atoms with E-state index in [2.05, 4.69) is 44.3 Å². The van der Waals surface area contributed by atoms with E-state index in [1.54, 1.807) is 0 Å². The van der Waals surface area contributed by atoms with Gasteiger partial charge in [0.15, 0.2) is 0 Å². The van der Waals surface area contributed by atoms with E-state index in [4.69, 9.17) is 16.3 Å². The number of halogens is 1. The van der Waals surface area contributed by atoms with Crippen LogP contribution in [0.4, 0.5) is 0 Å². The molecule has 0 fully saturated rings. The van der Waals surface area contributed by atoms with Crippen LogP contribution in [0.15, 0.2) is 36.4 Å². The summed E-state index contributed by atoms with van der Waals surface area (Å²) in [7, 11) is 0. The van der Waals surface area contributed by atoms with Crippen LogP contribution in [-0.4, -0.2) is 6.04 Å². The molecule has 3 heteroatoms. The van der Waals surface area contributed by atoms with Gasteiger partial charge in [0.2, 0.25) is 0 Å². The first-order valence-corrected chi connectivity index (χ1v) is 7.60. The molecule has 0 aliphatic rings. The van der Waals surface area contributed by atoms with Crippen molar-refractivity contribution in [2.75, 3.05) is 0 Å². The highest BCUT2D eigenvalue weighted by atomic mass is 35.5. The van der Waals surface area contributed by atoms with Crippen molar-refractivity contribution < 1.29 is 4.74 Å². The van der Waals surface area contributed by atoms with E-state index >= 15 is 0 Å². The summed E-state index contributed by atoms with van der Waals surface area (Å²) in [5.41, 5.74) is 3.36. The molecule has 2 nitrogen and oxygen atoms in total. The van der Waals surface area contributed by atoms with Crippen LogP contribution >= 0.6 is 11.6 Å². The van der Waals surface area contributed by atoms with Crippen LogP contribution < -0.4 is 10.1 Å². The van der Waals surface area contributed by atoms with Gasteiger partial charge in [-0.05, 0) is 54.8 Å². The summed E-state index contributed by atoms with van der Waals surface area (Å²) >= 11 is 6.05. The van der Waals surface area contributed by atoms with Crippen molar-refractivity contribution in [3.05, 3.63) is 58.1 Å². The van der Waals surface area contributed by atoms with Crippen LogP contribution in [-0.2, 0) is 6.54 Å². The zero-order chi connectivity index (χ0) is 15.4. The molecule has 112 valence electrons. The van der Waals surface area contributed by atoms with Gasteiger partial charge in [-0.15, -0.1) is 0 Å². The molecule has 0 saturated heterocycles. The van der Waals surface area contributed by atoms with Gasteiger partial charge in [-0.3, -0.25) is 0 Å². The average molecular weight is 304 g/mol. The number of nitrogens with one attached hydrogen (secondary N) is 1. The Morgan fingerprint density at radius 1 is 1.05 bits per heavy atom. The molecule has 0 saturated carbocycles. The molecule has 0 heterocycles. The molecule has 2 aromatic carbocycles. The normalized spacial score (nSPS) is 11.0. The monoisotopic (exact) mass is 303 g/mol. The fraction of sp³-hybridized carbons (Fsp3) is 0.333. The first-order chi connectivity index (χ1) is 9.95. The Morgan fingerprint density at radius 3 is 2.48 bits per heavy atom. The highest BCUT2D eigenvalue weighted by Gasteiger charge is 2.05. The topological polar surface area (TPSA) is 21.3 Å². The molecule has 0 aliphatic heterocycles. The molecular formula is C18H22ClNO. The Kier molecular flexibility index (Phi) is 5.27. The van der Waals surface area contributed by atoms with Crippen molar-refractivity contribution in [3.63, 3.8) is 0 Å². The molecule has 2 aromatic rings. The summed E-state index contributed by atoms with van der Waals surface area (Å²) in [5.74, 6) is 1.70. The van der Waals surface area contributed by atoms with E-state index in [-0.39, 0.29) is 0 Å². The largest absolute Gasteiger partial charge is 0.457 e. The smallest absolute Gasteiger partial charge is 0.130 e. The zero-order valence-electron chi connectivity index (χ0n) is 13.0. The van der Waals surface area contributed by atoms with Crippen molar-refractivity contribution in [2.45, 2.75) is 40.3 Å². The number of benzene rings is 2. The number of ether oxygens (including phenoxy) is 1. The summed E-state index contributed by atoms with van der Waals surface area (Å²) in [6, 6.07) is 12.5. The highest BCUT2D eigenvalue weighted by molar-refractivity contribution is 6.31. The third kappa shape index (κ3) is 4.48. The molecule has 2 rings (SSSR count). The first kappa shape index (κ1) is 15.9. The summed E-state index contributed by atoms with van der Waals surface area (Å²) in [4.78, 5) is 0. The Bertz CT molecular complexity index is 623. The first-order valence-electron chi connectivity index (χ1n) is 7.22. The quantitative estimate of drug-likeness (QED) is 0.815. The van der Waals surface area contributed by atoms with Gasteiger partial charge in [-0.1, -0.05) is 37.6 Å². The van der Waals surface area contributed by atoms with Gasteiger partial charge < -0.3 is 10.1 Å². The molecule has 1 N–H and O–H groups in total. The van der Waals surface area contributed by atoms with Gasteiger partial charge >= 0.3 is 0 Å². The molecule has 0 aliphatic carbocycles. The molecule has 0 bridgehead atoms. The van der Waals surface area contributed by atoms with Gasteiger partial charge in [-0.25, -0.2) is 0 Å². The van der Waals surface area contributed by atoms with Crippen molar-refractivity contribution in [3.8, 4) is 11.5 Å². The summed E-state index contributed by atoms with van der Waals surface area (Å²) in [6.07, 6.45) is 0. The molecule has 0 spiro atoms. The van der Waals surface area contributed by atoms with Gasteiger partial charge in [0.05, 0.1) is 0 Å². The van der Waals surface area contributed by atoms with Gasteiger partial charge in [0.1, 0.15) is 11.5 Å². The second-order valence-electron chi connectivity index (χ2n) is 5.65. The van der Waals surface area contributed by atoms with Crippen molar-refractivity contribution in [1.29, 1.82) is 0 Å². The van der Waals surface area contributed by atoms with Crippen LogP contribution in [0.5, 0.6) is 11.5 Å². The number of rotatable bonds is 5. The van der Waals surface area contributed by atoms with Crippen LogP contribution in [0.1, 0.15) is 30.5 Å². The Morgan fingerprint density at radius 2 is 1.81 bits per heavy atom. The summed E-state index contributed by atoms with van der Waals surface area (Å²) in [6.45, 7) is 9.15. The third-order valence-electron chi connectivity index (χ3n) is 3.32. The third-order valence-corrected chi connectivity index (χ3v) is 3.75. The minimum Gasteiger partial charge on any atom is -0.457 e. The maximum atomic E-state index is 6.05. The minimum absolute atomic E-state index is 0.467. The molecular weight excluding hydrogens is 282 g/mol. The van der Waals surface area contributed by atoms with Crippen molar-refractivity contribution >= 4 is 11.6 Å². The predicted octanol–water partition coefficient (Wildman–Crippen LogP) is 5.25. The fourth-order valence-electron chi connectivity index (χ4n) is 1.99. The molecule has 21 heavy (non-hydrogen) atoms. The summed E-state index contributed by atoms with van der Waals surface area (Å²) < 4.78 is 6.01. The average Bonchev–Trinajstić information content (AvgIpc) is 2.43. The zero-order valence-corrected chi connectivity index (χ0v) is 13.8. The lowest BCUT2D eigenvalue weighted by atomic mass is 10.1. The van der Waals surface area contributed by atoms with E-state index in [9.17, 15) is 0 Å². The molecule has 0 unspecified atom stereocenters. The van der Waals surface area contributed by atoms with Gasteiger partial charge in [-0.2, -0.15) is 0 Å². The molecule has 0 radical (unpaired) electrons. The minimum atomic E-state index is 0.467. The Labute approximate surface area is 132 Å². The number of aryl methyl sites for hydroxylation is 2. The van der Waals surface area contributed by atoms with E-state index < -0.39 is 0 Å². The van der Waals surface area contributed by atoms with E-state index in [1.165, 1.54) is 5.56 Å². The highest BCUT2D eigenvalue weighted by Crippen LogP contribution is 2.28. The second kappa shape index (κ2) is 6.97. The van der Waals surface area contributed by atoms with Crippen LogP contribution in [0.25, 0.3) is 0 Å². The van der Waals surface area contributed by atoms with Crippen molar-refractivity contribution in [2.24, 2.45) is 0 Å². The molecule has 0 atom stereocenters. The maximum absolute atomic E-state index is 6.05. The van der Waals surface area contributed by atoms with Crippen LogP contribution in [0, 0.1) is 13.8 Å². The van der Waals surface area contributed by atoms with Gasteiger partial charge in [0, 0.05) is 17.6 Å². The Hall–Kier alpha value is -1.51. The Balaban J connectivity index is 2.18. The molecule has 0 aromatic heterocycles. The lowest BCUT2D eigenvalue weighted by molar-refractivity contribution is 0.477. The van der Waals surface area contributed by atoms with Gasteiger partial charge in [0.25, 0.3) is 0 Å². The number of hydrogen-bond acceptors (Lipinski definition) is 2. The second-order valence-corrected chi connectivity index (χ2v) is 6.06. The summed E-state index contributed by atoms with van der Waals surface area (Å²) in [5, 5.41) is 4.17. The van der Waals surface area contributed by atoms with Crippen LogP contribution in [0.3, 0.4) is 0 Å². The standard InChI is InChI=1S/C18H22ClNO/c1-12(2)20-11-15-6-5-13(3)18(10-15)21-16-7-8-17(19)14(4)9-16/h5-10,12,20H,11H2,1-4H3.